The molecule has 2 N–H and O–H groups in total. The van der Waals surface area contributed by atoms with Gasteiger partial charge in [-0.3, -0.25) is 9.59 Å². The van der Waals surface area contributed by atoms with Crippen LogP contribution in [0.15, 0.2) is 12.4 Å². The normalized spacial score (nSPS) is 20.5. The second kappa shape index (κ2) is 4.00. The van der Waals surface area contributed by atoms with Crippen LogP contribution in [-0.2, 0) is 15.9 Å². The van der Waals surface area contributed by atoms with Gasteiger partial charge in [0.05, 0.1) is 18.1 Å². The summed E-state index contributed by atoms with van der Waals surface area (Å²) in [6.07, 6.45) is -2.81. The molecule has 1 aliphatic heterocycles. The molecule has 2 amide bonds. The summed E-state index contributed by atoms with van der Waals surface area (Å²) in [6.45, 7) is 0.149. The van der Waals surface area contributed by atoms with Gasteiger partial charge in [0.1, 0.15) is 5.92 Å². The van der Waals surface area contributed by atoms with Crippen LogP contribution in [0.5, 0.6) is 0 Å². The van der Waals surface area contributed by atoms with Crippen molar-refractivity contribution in [2.75, 3.05) is 11.4 Å². The van der Waals surface area contributed by atoms with E-state index in [2.05, 4.69) is 5.10 Å². The Hall–Kier alpha value is -2.06. The van der Waals surface area contributed by atoms with Crippen LogP contribution in [0.1, 0.15) is 6.42 Å². The molecule has 1 aliphatic rings. The fraction of sp³-hybridized carbons (Fsp3) is 0.444. The molecule has 1 atom stereocenters. The first kappa shape index (κ1) is 12.4. The third-order valence-corrected chi connectivity index (χ3v) is 2.69. The van der Waals surface area contributed by atoms with E-state index in [0.717, 1.165) is 11.1 Å². The number of nitrogens with zero attached hydrogens (tertiary/aromatic N) is 3. The quantitative estimate of drug-likeness (QED) is 0.773. The molecule has 2 heterocycles. The Morgan fingerprint density at radius 3 is 2.61 bits per heavy atom. The molecule has 0 saturated carbocycles. The summed E-state index contributed by atoms with van der Waals surface area (Å²) in [5.74, 6) is -2.34. The number of alkyl halides is 3. The van der Waals surface area contributed by atoms with Crippen molar-refractivity contribution in [3.8, 4) is 0 Å². The van der Waals surface area contributed by atoms with Crippen LogP contribution in [0, 0.1) is 5.92 Å². The Bertz CT molecular complexity index is 496. The smallest absolute Gasteiger partial charge is 0.369 e. The highest BCUT2D eigenvalue weighted by Crippen LogP contribution is 2.28. The van der Waals surface area contributed by atoms with Gasteiger partial charge in [0.25, 0.3) is 0 Å². The van der Waals surface area contributed by atoms with E-state index in [9.17, 15) is 22.8 Å². The van der Waals surface area contributed by atoms with Gasteiger partial charge in [-0.25, -0.2) is 0 Å². The van der Waals surface area contributed by atoms with Gasteiger partial charge in [-0.2, -0.15) is 9.78 Å². The van der Waals surface area contributed by atoms with Gasteiger partial charge >= 0.3 is 6.30 Å². The standard InChI is InChI=1S/C9H9F3N4O2/c10-9(11,12)16-4-5(3-14-16)15-2-1-6(7(13)17)8(15)18/h3-4,6H,1-2H2,(H2,13,17). The van der Waals surface area contributed by atoms with Gasteiger partial charge in [-0.05, 0) is 6.42 Å². The molecular weight excluding hydrogens is 253 g/mol. The van der Waals surface area contributed by atoms with Crippen LogP contribution in [0.25, 0.3) is 0 Å². The number of amides is 2. The van der Waals surface area contributed by atoms with Gasteiger partial charge in [0.15, 0.2) is 0 Å². The molecule has 6 nitrogen and oxygen atoms in total. The number of rotatable bonds is 2. The monoisotopic (exact) mass is 262 g/mol. The highest BCUT2D eigenvalue weighted by molar-refractivity contribution is 6.09. The largest absolute Gasteiger partial charge is 0.504 e. The predicted molar refractivity (Wildman–Crippen MR) is 53.2 cm³/mol. The molecule has 2 rings (SSSR count). The highest BCUT2D eigenvalue weighted by Gasteiger charge is 2.38. The summed E-state index contributed by atoms with van der Waals surface area (Å²) in [5.41, 5.74) is 5.02. The lowest BCUT2D eigenvalue weighted by molar-refractivity contribution is -0.212. The van der Waals surface area contributed by atoms with E-state index in [0.29, 0.717) is 6.20 Å². The maximum absolute atomic E-state index is 12.3. The number of primary amides is 1. The van der Waals surface area contributed by atoms with Gasteiger partial charge in [-0.1, -0.05) is 0 Å². The lowest BCUT2D eigenvalue weighted by Crippen LogP contribution is -2.33. The summed E-state index contributed by atoms with van der Waals surface area (Å²) < 4.78 is 36.7. The molecule has 0 radical (unpaired) electrons. The predicted octanol–water partition coefficient (Wildman–Crippen LogP) is 0.198. The summed E-state index contributed by atoms with van der Waals surface area (Å²) in [5, 5.41) is 3.12. The Morgan fingerprint density at radius 1 is 1.50 bits per heavy atom. The first-order valence-electron chi connectivity index (χ1n) is 5.03. The number of carbonyl (C=O) groups is 2. The van der Waals surface area contributed by atoms with Crippen molar-refractivity contribution in [2.24, 2.45) is 11.7 Å². The second-order valence-electron chi connectivity index (χ2n) is 3.84. The van der Waals surface area contributed by atoms with Gasteiger partial charge < -0.3 is 10.6 Å². The number of nitrogens with two attached hydrogens (primary N) is 1. The molecule has 98 valence electrons. The number of aromatic nitrogens is 2. The zero-order valence-corrected chi connectivity index (χ0v) is 9.02. The van der Waals surface area contributed by atoms with Crippen LogP contribution < -0.4 is 10.6 Å². The molecule has 1 saturated heterocycles. The van der Waals surface area contributed by atoms with E-state index in [-0.39, 0.29) is 23.3 Å². The lowest BCUT2D eigenvalue weighted by atomic mass is 10.1. The third kappa shape index (κ3) is 2.03. The highest BCUT2D eigenvalue weighted by atomic mass is 19.4. The summed E-state index contributed by atoms with van der Waals surface area (Å²) in [6, 6.07) is 0. The van der Waals surface area contributed by atoms with Crippen molar-refractivity contribution < 1.29 is 22.8 Å². The van der Waals surface area contributed by atoms with Crippen LogP contribution in [-0.4, -0.2) is 28.1 Å². The Morgan fingerprint density at radius 2 is 2.17 bits per heavy atom. The maximum Gasteiger partial charge on any atom is 0.504 e. The molecular formula is C9H9F3N4O2. The molecule has 1 aromatic heterocycles. The van der Waals surface area contributed by atoms with E-state index < -0.39 is 24.0 Å². The molecule has 0 aromatic carbocycles. The maximum atomic E-state index is 12.3. The molecule has 1 fully saturated rings. The van der Waals surface area contributed by atoms with Gasteiger partial charge in [0.2, 0.25) is 11.8 Å². The van der Waals surface area contributed by atoms with Crippen LogP contribution in [0.4, 0.5) is 18.9 Å². The van der Waals surface area contributed by atoms with Crippen molar-refractivity contribution >= 4 is 17.5 Å². The minimum Gasteiger partial charge on any atom is -0.369 e. The lowest BCUT2D eigenvalue weighted by Gasteiger charge is -2.13. The van der Waals surface area contributed by atoms with Crippen LogP contribution in [0.2, 0.25) is 0 Å². The van der Waals surface area contributed by atoms with Crippen molar-refractivity contribution in [2.45, 2.75) is 12.7 Å². The molecule has 1 aromatic rings. The molecule has 0 spiro atoms. The zero-order valence-electron chi connectivity index (χ0n) is 9.02. The molecule has 9 heteroatoms. The first-order chi connectivity index (χ1) is 8.30. The molecule has 0 bridgehead atoms. The van der Waals surface area contributed by atoms with Crippen molar-refractivity contribution in [3.63, 3.8) is 0 Å². The van der Waals surface area contributed by atoms with E-state index in [1.54, 1.807) is 0 Å². The Labute approximate surface area is 99.1 Å². The van der Waals surface area contributed by atoms with Gasteiger partial charge in [-0.15, -0.1) is 13.2 Å². The minimum absolute atomic E-state index is 0.000995. The fourth-order valence-electron chi connectivity index (χ4n) is 1.79. The van der Waals surface area contributed by atoms with E-state index in [4.69, 9.17) is 5.73 Å². The number of hydrogen-bond acceptors (Lipinski definition) is 3. The number of hydrogen-bond donors (Lipinski definition) is 1. The molecule has 18 heavy (non-hydrogen) atoms. The van der Waals surface area contributed by atoms with Crippen LogP contribution >= 0.6 is 0 Å². The fourth-order valence-corrected chi connectivity index (χ4v) is 1.79. The van der Waals surface area contributed by atoms with E-state index >= 15 is 0 Å². The topological polar surface area (TPSA) is 81.2 Å². The zero-order chi connectivity index (χ0) is 13.5. The minimum atomic E-state index is -4.63. The number of carbonyl (C=O) groups excluding carboxylic acids is 2. The number of halogens is 3. The Kier molecular flexibility index (Phi) is 2.76. The van der Waals surface area contributed by atoms with E-state index in [1.165, 1.54) is 0 Å². The average Bonchev–Trinajstić information content (AvgIpc) is 2.81. The summed E-state index contributed by atoms with van der Waals surface area (Å²) in [7, 11) is 0. The van der Waals surface area contributed by atoms with Crippen molar-refractivity contribution in [1.29, 1.82) is 0 Å². The number of anilines is 1. The van der Waals surface area contributed by atoms with Gasteiger partial charge in [0, 0.05) is 6.54 Å². The third-order valence-electron chi connectivity index (χ3n) is 2.69. The summed E-state index contributed by atoms with van der Waals surface area (Å²) in [4.78, 5) is 23.7. The van der Waals surface area contributed by atoms with Crippen molar-refractivity contribution in [1.82, 2.24) is 9.78 Å². The van der Waals surface area contributed by atoms with Crippen LogP contribution in [0.3, 0.4) is 0 Å². The first-order valence-corrected chi connectivity index (χ1v) is 5.03. The van der Waals surface area contributed by atoms with Crippen molar-refractivity contribution in [3.05, 3.63) is 12.4 Å². The summed E-state index contributed by atoms with van der Waals surface area (Å²) >= 11 is 0. The SMILES string of the molecule is NC(=O)C1CCN(c2cnn(C(F)(F)F)c2)C1=O. The molecule has 1 unspecified atom stereocenters. The van der Waals surface area contributed by atoms with E-state index in [1.807, 2.05) is 0 Å². The molecule has 0 aliphatic carbocycles. The Balaban J connectivity index is 2.21. The second-order valence-corrected chi connectivity index (χ2v) is 3.84. The average molecular weight is 262 g/mol.